The Balaban J connectivity index is 4.40. The average molecular weight is 799 g/mol. The molecule has 57 heavy (non-hydrogen) atoms. The van der Waals surface area contributed by atoms with E-state index in [2.05, 4.69) is 86.8 Å². The number of ether oxygens (including phenoxy) is 3. The third-order valence-corrected chi connectivity index (χ3v) is 9.59. The quantitative estimate of drug-likeness (QED) is 0.0286. The van der Waals surface area contributed by atoms with Crippen molar-refractivity contribution in [2.75, 3.05) is 41.0 Å². The molecule has 1 N–H and O–H groups in total. The maximum absolute atomic E-state index is 12.7. The van der Waals surface area contributed by atoms with Crippen molar-refractivity contribution in [1.29, 1.82) is 0 Å². The molecule has 0 heterocycles. The van der Waals surface area contributed by atoms with Crippen LogP contribution < -0.4 is 0 Å². The molecule has 8 heteroatoms. The van der Waals surface area contributed by atoms with Gasteiger partial charge in [0.05, 0.1) is 34.4 Å². The molecular formula is C49H84NO7+. The molecule has 0 aromatic rings. The Kier molecular flexibility index (Phi) is 37.3. The van der Waals surface area contributed by atoms with Gasteiger partial charge in [-0.2, -0.15) is 0 Å². The van der Waals surface area contributed by atoms with Crippen molar-refractivity contribution in [3.05, 3.63) is 72.9 Å². The fraction of sp³-hybridized carbons (Fsp3) is 0.694. The summed E-state index contributed by atoms with van der Waals surface area (Å²) in [6.45, 7) is 4.56. The van der Waals surface area contributed by atoms with Crippen LogP contribution in [0.25, 0.3) is 0 Å². The molecule has 0 saturated carbocycles. The van der Waals surface area contributed by atoms with E-state index in [-0.39, 0.29) is 36.2 Å². The molecule has 0 aliphatic carbocycles. The predicted molar refractivity (Wildman–Crippen MR) is 238 cm³/mol. The number of aliphatic carboxylic acids is 1. The topological polar surface area (TPSA) is 99.1 Å². The van der Waals surface area contributed by atoms with Crippen LogP contribution in [-0.4, -0.2) is 80.6 Å². The van der Waals surface area contributed by atoms with Gasteiger partial charge >= 0.3 is 17.9 Å². The van der Waals surface area contributed by atoms with Crippen molar-refractivity contribution < 1.29 is 38.2 Å². The van der Waals surface area contributed by atoms with Crippen molar-refractivity contribution in [2.24, 2.45) is 0 Å². The van der Waals surface area contributed by atoms with Gasteiger partial charge in [-0.05, 0) is 83.5 Å². The predicted octanol–water partition coefficient (Wildman–Crippen LogP) is 12.4. The number of carboxylic acid groups (broad SMARTS) is 1. The number of nitrogens with zero attached hydrogens (tertiary/aromatic N) is 1. The van der Waals surface area contributed by atoms with E-state index in [4.69, 9.17) is 14.2 Å². The molecule has 0 saturated heterocycles. The van der Waals surface area contributed by atoms with Crippen LogP contribution in [0.3, 0.4) is 0 Å². The minimum Gasteiger partial charge on any atom is -0.477 e. The molecule has 0 aromatic carbocycles. The number of quaternary nitrogens is 1. The molecule has 0 spiro atoms. The third kappa shape index (κ3) is 38.1. The highest BCUT2D eigenvalue weighted by Gasteiger charge is 2.31. The van der Waals surface area contributed by atoms with E-state index in [0.717, 1.165) is 96.3 Å². The summed E-state index contributed by atoms with van der Waals surface area (Å²) < 4.78 is 17.2. The zero-order valence-corrected chi connectivity index (χ0v) is 37.0. The van der Waals surface area contributed by atoms with E-state index in [9.17, 15) is 19.5 Å². The van der Waals surface area contributed by atoms with Crippen molar-refractivity contribution in [1.82, 2.24) is 0 Å². The SMILES string of the molecule is CC/C=C/C/C=C/C/C=C/C/C=C/C/C=C/CCCCCCC(=O)OCC(COCCC(C(=O)O)[N+](C)(C)C)OC(=O)CCCCC/C=C/CCCCCCCC. The zero-order valence-electron chi connectivity index (χ0n) is 37.0. The van der Waals surface area contributed by atoms with Crippen LogP contribution in [0.1, 0.15) is 168 Å². The lowest BCUT2D eigenvalue weighted by Crippen LogP contribution is -2.50. The molecule has 0 aliphatic rings. The van der Waals surface area contributed by atoms with Gasteiger partial charge in [0.1, 0.15) is 6.61 Å². The number of unbranched alkanes of at least 4 members (excludes halogenated alkanes) is 13. The van der Waals surface area contributed by atoms with Gasteiger partial charge in [0.15, 0.2) is 12.1 Å². The Hall–Kier alpha value is -3.23. The highest BCUT2D eigenvalue weighted by molar-refractivity contribution is 5.72. The first kappa shape index (κ1) is 53.8. The number of hydrogen-bond acceptors (Lipinski definition) is 6. The van der Waals surface area contributed by atoms with Gasteiger partial charge in [0, 0.05) is 19.3 Å². The van der Waals surface area contributed by atoms with Crippen molar-refractivity contribution in [2.45, 2.75) is 180 Å². The van der Waals surface area contributed by atoms with Crippen molar-refractivity contribution in [3.63, 3.8) is 0 Å². The summed E-state index contributed by atoms with van der Waals surface area (Å²) in [7, 11) is 5.51. The smallest absolute Gasteiger partial charge is 0.362 e. The molecule has 0 radical (unpaired) electrons. The molecule has 2 unspecified atom stereocenters. The van der Waals surface area contributed by atoms with Crippen LogP contribution in [0, 0.1) is 0 Å². The second kappa shape index (κ2) is 39.6. The second-order valence-electron chi connectivity index (χ2n) is 15.9. The van der Waals surface area contributed by atoms with Gasteiger partial charge in [-0.25, -0.2) is 4.79 Å². The first-order valence-electron chi connectivity index (χ1n) is 22.5. The second-order valence-corrected chi connectivity index (χ2v) is 15.9. The van der Waals surface area contributed by atoms with Crippen LogP contribution >= 0.6 is 0 Å². The summed E-state index contributed by atoms with van der Waals surface area (Å²) in [5.74, 6) is -1.53. The minimum absolute atomic E-state index is 0.0434. The fourth-order valence-corrected chi connectivity index (χ4v) is 6.11. The first-order valence-corrected chi connectivity index (χ1v) is 22.5. The number of likely N-dealkylation sites (N-methyl/N-ethyl adjacent to an activating group) is 1. The lowest BCUT2D eigenvalue weighted by molar-refractivity contribution is -0.887. The van der Waals surface area contributed by atoms with Crippen LogP contribution in [0.4, 0.5) is 0 Å². The first-order chi connectivity index (χ1) is 27.6. The Morgan fingerprint density at radius 2 is 0.982 bits per heavy atom. The summed E-state index contributed by atoms with van der Waals surface area (Å²) in [6.07, 6.45) is 49.4. The molecule has 8 nitrogen and oxygen atoms in total. The summed E-state index contributed by atoms with van der Waals surface area (Å²) in [6, 6.07) is -0.624. The number of carboxylic acids is 1. The number of carbonyl (C=O) groups excluding carboxylic acids is 2. The fourth-order valence-electron chi connectivity index (χ4n) is 6.11. The highest BCUT2D eigenvalue weighted by Crippen LogP contribution is 2.12. The summed E-state index contributed by atoms with van der Waals surface area (Å²) in [5, 5.41) is 9.62. The minimum atomic E-state index is -0.884. The van der Waals surface area contributed by atoms with Gasteiger partial charge in [0.25, 0.3) is 0 Å². The van der Waals surface area contributed by atoms with E-state index in [0.29, 0.717) is 19.3 Å². The van der Waals surface area contributed by atoms with Gasteiger partial charge in [0.2, 0.25) is 0 Å². The number of hydrogen-bond donors (Lipinski definition) is 1. The van der Waals surface area contributed by atoms with Gasteiger partial charge in [-0.3, -0.25) is 9.59 Å². The highest BCUT2D eigenvalue weighted by atomic mass is 16.6. The Morgan fingerprint density at radius 1 is 0.544 bits per heavy atom. The lowest BCUT2D eigenvalue weighted by atomic mass is 10.1. The molecule has 0 amide bonds. The van der Waals surface area contributed by atoms with E-state index in [1.807, 2.05) is 21.1 Å². The number of allylic oxidation sites excluding steroid dienone is 12. The average Bonchev–Trinajstić information content (AvgIpc) is 3.17. The summed E-state index contributed by atoms with van der Waals surface area (Å²) in [4.78, 5) is 37.0. The monoisotopic (exact) mass is 799 g/mol. The zero-order chi connectivity index (χ0) is 42.1. The molecule has 0 rings (SSSR count). The number of esters is 2. The molecule has 0 fully saturated rings. The number of rotatable bonds is 39. The van der Waals surface area contributed by atoms with Gasteiger partial charge in [-0.1, -0.05) is 138 Å². The molecule has 0 aromatic heterocycles. The van der Waals surface area contributed by atoms with E-state index < -0.39 is 18.1 Å². The Bertz CT molecular complexity index is 1160. The van der Waals surface area contributed by atoms with E-state index in [1.165, 1.54) is 38.5 Å². The maximum Gasteiger partial charge on any atom is 0.362 e. The van der Waals surface area contributed by atoms with Crippen LogP contribution in [-0.2, 0) is 28.6 Å². The van der Waals surface area contributed by atoms with Gasteiger partial charge < -0.3 is 23.8 Å². The summed E-state index contributed by atoms with van der Waals surface area (Å²) in [5.41, 5.74) is 0. The van der Waals surface area contributed by atoms with Crippen LogP contribution in [0.15, 0.2) is 72.9 Å². The molecule has 2 atom stereocenters. The standard InChI is InChI=1S/C49H83NO7/c1-6-8-10-12-14-16-18-20-21-22-23-24-25-26-28-29-31-33-35-37-39-47(51)56-44-45(43-55-42-41-46(49(53)54)50(3,4)5)57-48(52)40-38-36-34-32-30-27-19-17-15-13-11-9-7-2/h8,10,14,16,20-21,23-24,26-28,30,45-46H,6-7,9,11-13,15,17-19,22,25,29,31-44H2,1-5H3/p+1/b10-8+,16-14+,21-20+,24-23+,28-26+,30-27+. The van der Waals surface area contributed by atoms with Crippen LogP contribution in [0.5, 0.6) is 0 Å². The largest absolute Gasteiger partial charge is 0.477 e. The molecule has 0 aliphatic heterocycles. The Labute approximate surface area is 349 Å². The number of carbonyl (C=O) groups is 3. The van der Waals surface area contributed by atoms with Crippen molar-refractivity contribution >= 4 is 17.9 Å². The van der Waals surface area contributed by atoms with Gasteiger partial charge in [-0.15, -0.1) is 0 Å². The van der Waals surface area contributed by atoms with E-state index in [1.54, 1.807) is 0 Å². The molecule has 0 bridgehead atoms. The third-order valence-electron chi connectivity index (χ3n) is 9.59. The van der Waals surface area contributed by atoms with E-state index >= 15 is 0 Å². The lowest BCUT2D eigenvalue weighted by Gasteiger charge is -2.31. The summed E-state index contributed by atoms with van der Waals surface area (Å²) >= 11 is 0. The molecule has 326 valence electrons. The van der Waals surface area contributed by atoms with Crippen molar-refractivity contribution in [3.8, 4) is 0 Å². The van der Waals surface area contributed by atoms with Crippen LogP contribution in [0.2, 0.25) is 0 Å². The molecular weight excluding hydrogens is 715 g/mol. The maximum atomic E-state index is 12.7. The normalized spacial score (nSPS) is 13.6. The Morgan fingerprint density at radius 3 is 1.49 bits per heavy atom.